The van der Waals surface area contributed by atoms with Crippen molar-refractivity contribution in [2.45, 2.75) is 19.9 Å². The smallest absolute Gasteiger partial charge is 0.251 e. The van der Waals surface area contributed by atoms with Crippen LogP contribution in [0.1, 0.15) is 28.4 Å². The summed E-state index contributed by atoms with van der Waals surface area (Å²) in [5.41, 5.74) is 6.98. The first-order valence-corrected chi connectivity index (χ1v) is 5.75. The third-order valence-corrected chi connectivity index (χ3v) is 2.43. The molecule has 5 nitrogen and oxygen atoms in total. The number of hydrogen-bond donors (Lipinski definition) is 3. The van der Waals surface area contributed by atoms with Crippen LogP contribution in [-0.2, 0) is 4.79 Å². The van der Waals surface area contributed by atoms with Gasteiger partial charge in [-0.3, -0.25) is 9.59 Å². The first kappa shape index (κ1) is 14.7. The second-order valence-electron chi connectivity index (χ2n) is 4.15. The van der Waals surface area contributed by atoms with Gasteiger partial charge in [-0.1, -0.05) is 11.8 Å². The van der Waals surface area contributed by atoms with E-state index < -0.39 is 11.9 Å². The molecule has 1 rings (SSSR count). The Hall–Kier alpha value is -2.32. The lowest BCUT2D eigenvalue weighted by Crippen LogP contribution is -2.42. The largest absolute Gasteiger partial charge is 0.384 e. The average molecular weight is 260 g/mol. The number of amides is 2. The summed E-state index contributed by atoms with van der Waals surface area (Å²) in [6.07, 6.45) is 0. The minimum atomic E-state index is -0.736. The van der Waals surface area contributed by atoms with Crippen LogP contribution < -0.4 is 11.1 Å². The molecule has 2 amide bonds. The fourth-order valence-electron chi connectivity index (χ4n) is 1.48. The van der Waals surface area contributed by atoms with Gasteiger partial charge < -0.3 is 16.2 Å². The van der Waals surface area contributed by atoms with Gasteiger partial charge in [0, 0.05) is 11.1 Å². The van der Waals surface area contributed by atoms with Gasteiger partial charge >= 0.3 is 0 Å². The highest BCUT2D eigenvalue weighted by atomic mass is 16.2. The van der Waals surface area contributed by atoms with Gasteiger partial charge in [0.25, 0.3) is 5.91 Å². The fraction of sp³-hybridized carbons (Fsp3) is 0.286. The van der Waals surface area contributed by atoms with Gasteiger partial charge in [-0.05, 0) is 37.6 Å². The molecule has 0 aliphatic heterocycles. The number of aliphatic hydroxyl groups excluding tert-OH is 1. The van der Waals surface area contributed by atoms with Crippen molar-refractivity contribution in [3.05, 3.63) is 34.9 Å². The lowest BCUT2D eigenvalue weighted by atomic mass is 10.1. The molecule has 100 valence electrons. The standard InChI is InChI=1S/C14H16N2O3/c1-9-6-11(4-3-5-17)8-12(7-9)14(19)16-10(2)13(15)18/h6-8,10,17H,5H2,1-2H3,(H2,15,18)(H,16,19). The molecule has 1 aromatic rings. The van der Waals surface area contributed by atoms with Crippen molar-refractivity contribution in [2.75, 3.05) is 6.61 Å². The zero-order chi connectivity index (χ0) is 14.4. The van der Waals surface area contributed by atoms with Crippen LogP contribution in [0, 0.1) is 18.8 Å². The number of aryl methyl sites for hydroxylation is 1. The number of hydrogen-bond acceptors (Lipinski definition) is 3. The Morgan fingerprint density at radius 1 is 1.42 bits per heavy atom. The van der Waals surface area contributed by atoms with Crippen molar-refractivity contribution < 1.29 is 14.7 Å². The number of benzene rings is 1. The molecule has 1 unspecified atom stereocenters. The van der Waals surface area contributed by atoms with Crippen LogP contribution in [0.2, 0.25) is 0 Å². The van der Waals surface area contributed by atoms with Crippen LogP contribution in [0.4, 0.5) is 0 Å². The molecule has 0 saturated carbocycles. The second-order valence-corrected chi connectivity index (χ2v) is 4.15. The first-order chi connectivity index (χ1) is 8.93. The number of primary amides is 1. The maximum Gasteiger partial charge on any atom is 0.251 e. The van der Waals surface area contributed by atoms with Gasteiger partial charge in [0.2, 0.25) is 5.91 Å². The normalized spacial score (nSPS) is 11.1. The number of nitrogens with one attached hydrogen (secondary N) is 1. The molecule has 5 heteroatoms. The summed E-state index contributed by atoms with van der Waals surface area (Å²) in [7, 11) is 0. The third-order valence-electron chi connectivity index (χ3n) is 2.43. The molecule has 4 N–H and O–H groups in total. The Morgan fingerprint density at radius 2 is 2.11 bits per heavy atom. The SMILES string of the molecule is Cc1cc(C#CCO)cc(C(=O)NC(C)C(N)=O)c1. The van der Waals surface area contributed by atoms with Gasteiger partial charge in [-0.2, -0.15) is 0 Å². The highest BCUT2D eigenvalue weighted by Gasteiger charge is 2.14. The maximum atomic E-state index is 11.9. The monoisotopic (exact) mass is 260 g/mol. The van der Waals surface area contributed by atoms with Crippen molar-refractivity contribution in [3.63, 3.8) is 0 Å². The lowest BCUT2D eigenvalue weighted by Gasteiger charge is -2.10. The Balaban J connectivity index is 2.97. The maximum absolute atomic E-state index is 11.9. The van der Waals surface area contributed by atoms with Crippen LogP contribution in [0.15, 0.2) is 18.2 Å². The molecule has 0 saturated heterocycles. The minimum Gasteiger partial charge on any atom is -0.384 e. The van der Waals surface area contributed by atoms with Gasteiger partial charge in [-0.15, -0.1) is 0 Å². The lowest BCUT2D eigenvalue weighted by molar-refractivity contribution is -0.119. The molecule has 0 aromatic heterocycles. The average Bonchev–Trinajstić information content (AvgIpc) is 2.35. The number of carbonyl (C=O) groups excluding carboxylic acids is 2. The summed E-state index contributed by atoms with van der Waals surface area (Å²) >= 11 is 0. The van der Waals surface area contributed by atoms with Gasteiger partial charge in [0.1, 0.15) is 12.6 Å². The molecular weight excluding hydrogens is 244 g/mol. The topological polar surface area (TPSA) is 92.4 Å². The zero-order valence-electron chi connectivity index (χ0n) is 10.9. The van der Waals surface area contributed by atoms with Crippen LogP contribution in [-0.4, -0.2) is 29.6 Å². The van der Waals surface area contributed by atoms with Crippen LogP contribution in [0.5, 0.6) is 0 Å². The summed E-state index contributed by atoms with van der Waals surface area (Å²) in [6.45, 7) is 3.11. The van der Waals surface area contributed by atoms with Crippen LogP contribution in [0.3, 0.4) is 0 Å². The molecule has 0 aliphatic rings. The quantitative estimate of drug-likeness (QED) is 0.665. The number of aliphatic hydroxyl groups is 1. The van der Waals surface area contributed by atoms with Crippen molar-refractivity contribution in [3.8, 4) is 11.8 Å². The number of rotatable bonds is 3. The van der Waals surface area contributed by atoms with E-state index in [-0.39, 0.29) is 12.5 Å². The molecule has 0 heterocycles. The Labute approximate surface area is 111 Å². The Morgan fingerprint density at radius 3 is 2.68 bits per heavy atom. The molecule has 19 heavy (non-hydrogen) atoms. The zero-order valence-corrected chi connectivity index (χ0v) is 10.9. The Kier molecular flexibility index (Phi) is 5.10. The molecule has 0 aliphatic carbocycles. The molecule has 1 aromatic carbocycles. The minimum absolute atomic E-state index is 0.242. The summed E-state index contributed by atoms with van der Waals surface area (Å²) in [6, 6.07) is 4.35. The number of nitrogens with two attached hydrogens (primary N) is 1. The molecule has 0 radical (unpaired) electrons. The van der Waals surface area contributed by atoms with E-state index in [1.54, 1.807) is 18.2 Å². The Bertz CT molecular complexity index is 556. The van der Waals surface area contributed by atoms with E-state index in [0.717, 1.165) is 5.56 Å². The van der Waals surface area contributed by atoms with E-state index in [0.29, 0.717) is 11.1 Å². The predicted molar refractivity (Wildman–Crippen MR) is 71.3 cm³/mol. The third kappa shape index (κ3) is 4.45. The molecular formula is C14H16N2O3. The van der Waals surface area contributed by atoms with Crippen molar-refractivity contribution in [1.29, 1.82) is 0 Å². The molecule has 0 fully saturated rings. The van der Waals surface area contributed by atoms with E-state index in [1.807, 2.05) is 6.92 Å². The predicted octanol–water partition coefficient (Wildman–Crippen LogP) is -0.0576. The highest BCUT2D eigenvalue weighted by molar-refractivity contribution is 5.97. The van der Waals surface area contributed by atoms with Crippen molar-refractivity contribution >= 4 is 11.8 Å². The summed E-state index contributed by atoms with van der Waals surface area (Å²) in [4.78, 5) is 22.8. The van der Waals surface area contributed by atoms with E-state index in [9.17, 15) is 9.59 Å². The highest BCUT2D eigenvalue weighted by Crippen LogP contribution is 2.09. The van der Waals surface area contributed by atoms with Crippen LogP contribution >= 0.6 is 0 Å². The van der Waals surface area contributed by atoms with E-state index in [1.165, 1.54) is 6.92 Å². The van der Waals surface area contributed by atoms with E-state index in [2.05, 4.69) is 17.2 Å². The van der Waals surface area contributed by atoms with Gasteiger partial charge in [0.05, 0.1) is 0 Å². The molecule has 0 spiro atoms. The summed E-state index contributed by atoms with van der Waals surface area (Å²) < 4.78 is 0. The fourth-order valence-corrected chi connectivity index (χ4v) is 1.48. The summed E-state index contributed by atoms with van der Waals surface area (Å²) in [5, 5.41) is 11.1. The van der Waals surface area contributed by atoms with E-state index in [4.69, 9.17) is 10.8 Å². The first-order valence-electron chi connectivity index (χ1n) is 5.75. The summed E-state index contributed by atoms with van der Waals surface area (Å²) in [5.74, 6) is 4.27. The number of carbonyl (C=O) groups is 2. The van der Waals surface area contributed by atoms with E-state index >= 15 is 0 Å². The van der Waals surface area contributed by atoms with Gasteiger partial charge in [-0.25, -0.2) is 0 Å². The second kappa shape index (κ2) is 6.57. The van der Waals surface area contributed by atoms with Crippen molar-refractivity contribution in [1.82, 2.24) is 5.32 Å². The molecule has 1 atom stereocenters. The van der Waals surface area contributed by atoms with Gasteiger partial charge in [0.15, 0.2) is 0 Å². The van der Waals surface area contributed by atoms with Crippen molar-refractivity contribution in [2.24, 2.45) is 5.73 Å². The molecule has 0 bridgehead atoms. The van der Waals surface area contributed by atoms with Crippen LogP contribution in [0.25, 0.3) is 0 Å².